The summed E-state index contributed by atoms with van der Waals surface area (Å²) in [5, 5.41) is 14.4. The smallest absolute Gasteiger partial charge is 0.274 e. The van der Waals surface area contributed by atoms with E-state index in [2.05, 4.69) is 10.3 Å². The topological polar surface area (TPSA) is 94.4 Å². The van der Waals surface area contributed by atoms with E-state index in [0.29, 0.717) is 21.1 Å². The van der Waals surface area contributed by atoms with E-state index >= 15 is 0 Å². The molecule has 7 nitrogen and oxygen atoms in total. The van der Waals surface area contributed by atoms with Crippen LogP contribution in [0.3, 0.4) is 0 Å². The van der Waals surface area contributed by atoms with E-state index in [1.165, 1.54) is 30.6 Å². The van der Waals surface area contributed by atoms with Gasteiger partial charge in [0.2, 0.25) is 5.91 Å². The number of aromatic nitrogens is 1. The molecule has 4 rings (SSSR count). The number of hydrogen-bond acceptors (Lipinski definition) is 6. The summed E-state index contributed by atoms with van der Waals surface area (Å²) in [6.45, 7) is 0. The van der Waals surface area contributed by atoms with Crippen LogP contribution in [0.4, 0.5) is 10.8 Å². The number of nitrogens with one attached hydrogen (secondary N) is 1. The molecule has 0 saturated carbocycles. The van der Waals surface area contributed by atoms with E-state index in [-0.39, 0.29) is 11.6 Å². The second kappa shape index (κ2) is 8.30. The summed E-state index contributed by atoms with van der Waals surface area (Å²) in [6, 6.07) is 21.7. The van der Waals surface area contributed by atoms with Gasteiger partial charge in [0.25, 0.3) is 5.69 Å². The quantitative estimate of drug-likeness (QED) is 0.351. The van der Waals surface area contributed by atoms with Crippen molar-refractivity contribution in [2.45, 2.75) is 5.92 Å². The van der Waals surface area contributed by atoms with Crippen molar-refractivity contribution < 1.29 is 14.5 Å². The maximum absolute atomic E-state index is 13.2. The Morgan fingerprint density at radius 2 is 1.67 bits per heavy atom. The highest BCUT2D eigenvalue weighted by Crippen LogP contribution is 2.37. The van der Waals surface area contributed by atoms with Crippen LogP contribution in [0.5, 0.6) is 5.75 Å². The van der Waals surface area contributed by atoms with Crippen LogP contribution in [0.2, 0.25) is 0 Å². The molecule has 0 unspecified atom stereocenters. The second-order valence-corrected chi connectivity index (χ2v) is 7.55. The maximum Gasteiger partial charge on any atom is 0.274 e. The van der Waals surface area contributed by atoms with Gasteiger partial charge in [0.1, 0.15) is 5.52 Å². The molecule has 0 fully saturated rings. The standard InChI is InChI=1S/C22H17N3O4S/c1-29-17-12-16(25(27)28)13-18-20(17)23-22(30-18)24-21(26)19(14-8-4-2-5-9-14)15-10-6-3-7-11-15/h2-13,19H,1H3,(H,23,24,26). The average Bonchev–Trinajstić information content (AvgIpc) is 3.17. The molecule has 0 aliphatic rings. The molecule has 0 atom stereocenters. The maximum atomic E-state index is 13.2. The number of thiazole rings is 1. The van der Waals surface area contributed by atoms with E-state index in [0.717, 1.165) is 11.1 Å². The number of nitrogens with zero attached hydrogens (tertiary/aromatic N) is 2. The van der Waals surface area contributed by atoms with Crippen LogP contribution in [0.15, 0.2) is 72.8 Å². The first-order valence-electron chi connectivity index (χ1n) is 9.10. The van der Waals surface area contributed by atoms with Crippen molar-refractivity contribution in [2.75, 3.05) is 12.4 Å². The minimum Gasteiger partial charge on any atom is -0.494 e. The summed E-state index contributed by atoms with van der Waals surface area (Å²) < 4.78 is 5.81. The van der Waals surface area contributed by atoms with Crippen molar-refractivity contribution in [3.8, 4) is 5.75 Å². The molecule has 3 aromatic carbocycles. The number of anilines is 1. The Morgan fingerprint density at radius 3 is 2.20 bits per heavy atom. The number of nitro groups is 1. The van der Waals surface area contributed by atoms with Crippen LogP contribution < -0.4 is 10.1 Å². The van der Waals surface area contributed by atoms with Crippen LogP contribution in [-0.4, -0.2) is 22.9 Å². The van der Waals surface area contributed by atoms with Crippen LogP contribution in [0.1, 0.15) is 17.0 Å². The molecule has 1 aromatic heterocycles. The van der Waals surface area contributed by atoms with Gasteiger partial charge in [0.05, 0.1) is 28.7 Å². The third-order valence-corrected chi connectivity index (χ3v) is 5.55. The molecule has 8 heteroatoms. The number of nitro benzene ring substituents is 1. The summed E-state index contributed by atoms with van der Waals surface area (Å²) in [4.78, 5) is 28.3. The van der Waals surface area contributed by atoms with Gasteiger partial charge in [-0.3, -0.25) is 14.9 Å². The van der Waals surface area contributed by atoms with Gasteiger partial charge in [-0.2, -0.15) is 0 Å². The van der Waals surface area contributed by atoms with Crippen molar-refractivity contribution in [3.63, 3.8) is 0 Å². The molecule has 1 N–H and O–H groups in total. The van der Waals surface area contributed by atoms with Crippen LogP contribution in [0.25, 0.3) is 10.2 Å². The zero-order valence-electron chi connectivity index (χ0n) is 15.9. The predicted octanol–water partition coefficient (Wildman–Crippen LogP) is 4.98. The first-order chi connectivity index (χ1) is 14.6. The Kier molecular flexibility index (Phi) is 5.40. The van der Waals surface area contributed by atoms with Gasteiger partial charge >= 0.3 is 0 Å². The van der Waals surface area contributed by atoms with Crippen molar-refractivity contribution in [1.29, 1.82) is 0 Å². The van der Waals surface area contributed by atoms with Crippen LogP contribution >= 0.6 is 11.3 Å². The molecular weight excluding hydrogens is 402 g/mol. The summed E-state index contributed by atoms with van der Waals surface area (Å²) in [5.74, 6) is -0.464. The Hall–Kier alpha value is -3.78. The lowest BCUT2D eigenvalue weighted by atomic mass is 9.90. The highest BCUT2D eigenvalue weighted by Gasteiger charge is 2.24. The van der Waals surface area contributed by atoms with E-state index in [1.54, 1.807) is 0 Å². The monoisotopic (exact) mass is 419 g/mol. The summed E-state index contributed by atoms with van der Waals surface area (Å²) in [7, 11) is 1.43. The zero-order chi connectivity index (χ0) is 21.1. The highest BCUT2D eigenvalue weighted by molar-refractivity contribution is 7.22. The van der Waals surface area contributed by atoms with Gasteiger partial charge in [-0.1, -0.05) is 72.0 Å². The fourth-order valence-electron chi connectivity index (χ4n) is 3.26. The number of benzene rings is 3. The number of methoxy groups -OCH3 is 1. The zero-order valence-corrected chi connectivity index (χ0v) is 16.8. The Bertz CT molecular complexity index is 1170. The van der Waals surface area contributed by atoms with E-state index in [4.69, 9.17) is 4.74 Å². The number of rotatable bonds is 6. The number of fused-ring (bicyclic) bond motifs is 1. The van der Waals surface area contributed by atoms with Crippen LogP contribution in [0, 0.1) is 10.1 Å². The van der Waals surface area contributed by atoms with Gasteiger partial charge in [0.15, 0.2) is 10.9 Å². The summed E-state index contributed by atoms with van der Waals surface area (Å²) >= 11 is 1.17. The molecule has 0 aliphatic carbocycles. The van der Waals surface area contributed by atoms with Gasteiger partial charge in [-0.25, -0.2) is 4.98 Å². The van der Waals surface area contributed by atoms with Crippen molar-refractivity contribution >= 4 is 38.3 Å². The third-order valence-electron chi connectivity index (χ3n) is 4.63. The molecule has 4 aromatic rings. The van der Waals surface area contributed by atoms with Gasteiger partial charge in [-0.15, -0.1) is 0 Å². The molecule has 0 radical (unpaired) electrons. The Balaban J connectivity index is 1.70. The fourth-order valence-corrected chi connectivity index (χ4v) is 4.18. The SMILES string of the molecule is COc1cc([N+](=O)[O-])cc2sc(NC(=O)C(c3ccccc3)c3ccccc3)nc12. The predicted molar refractivity (Wildman–Crippen MR) is 116 cm³/mol. The summed E-state index contributed by atoms with van der Waals surface area (Å²) in [5.41, 5.74) is 2.10. The lowest BCUT2D eigenvalue weighted by molar-refractivity contribution is -0.384. The van der Waals surface area contributed by atoms with Gasteiger partial charge < -0.3 is 10.1 Å². The van der Waals surface area contributed by atoms with E-state index < -0.39 is 10.8 Å². The second-order valence-electron chi connectivity index (χ2n) is 6.51. The number of hydrogen-bond donors (Lipinski definition) is 1. The lowest BCUT2D eigenvalue weighted by Crippen LogP contribution is -2.22. The first-order valence-corrected chi connectivity index (χ1v) is 9.92. The molecule has 0 spiro atoms. The fraction of sp³-hybridized carbons (Fsp3) is 0.0909. The molecule has 0 bridgehead atoms. The molecule has 1 heterocycles. The first kappa shape index (κ1) is 19.5. The molecule has 150 valence electrons. The Labute approximate surface area is 176 Å². The van der Waals surface area contributed by atoms with Crippen molar-refractivity contribution in [2.24, 2.45) is 0 Å². The van der Waals surface area contributed by atoms with Crippen LogP contribution in [-0.2, 0) is 4.79 Å². The Morgan fingerprint density at radius 1 is 1.07 bits per heavy atom. The molecular formula is C22H17N3O4S. The normalized spacial score (nSPS) is 10.9. The number of amides is 1. The number of carbonyl (C=O) groups is 1. The summed E-state index contributed by atoms with van der Waals surface area (Å²) in [6.07, 6.45) is 0. The number of non-ortho nitro benzene ring substituents is 1. The average molecular weight is 419 g/mol. The van der Waals surface area contributed by atoms with Gasteiger partial charge in [0, 0.05) is 6.07 Å². The third kappa shape index (κ3) is 3.85. The molecule has 1 amide bonds. The van der Waals surface area contributed by atoms with Gasteiger partial charge in [-0.05, 0) is 11.1 Å². The van der Waals surface area contributed by atoms with E-state index in [9.17, 15) is 14.9 Å². The molecule has 30 heavy (non-hydrogen) atoms. The van der Waals surface area contributed by atoms with E-state index in [1.807, 2.05) is 60.7 Å². The minimum atomic E-state index is -0.518. The number of carbonyl (C=O) groups excluding carboxylic acids is 1. The number of ether oxygens (including phenoxy) is 1. The lowest BCUT2D eigenvalue weighted by Gasteiger charge is -2.16. The highest BCUT2D eigenvalue weighted by atomic mass is 32.1. The molecule has 0 saturated heterocycles. The minimum absolute atomic E-state index is 0.0904. The van der Waals surface area contributed by atoms with Crippen molar-refractivity contribution in [3.05, 3.63) is 94.0 Å². The largest absolute Gasteiger partial charge is 0.494 e. The van der Waals surface area contributed by atoms with Crippen molar-refractivity contribution in [1.82, 2.24) is 4.98 Å². The molecule has 0 aliphatic heterocycles.